The number of para-hydroxylation sites is 2. The number of imidazole rings is 1. The molecule has 2 aromatic heterocycles. The second-order valence-electron chi connectivity index (χ2n) is 7.84. The van der Waals surface area contributed by atoms with Crippen LogP contribution in [0.15, 0.2) is 54.6 Å². The maximum Gasteiger partial charge on any atom is 0.246 e. The fraction of sp³-hybridized carbons (Fsp3) is 0.292. The standard InChI is InChI=1S/C24H25N5OS/c1-2-22-25-18-10-6-7-11-20(18)29(22)16-23(30)27-24-26-19-12-13-28(15-21(19)31-24)14-17-8-4-3-5-9-17/h3-11H,2,12-16H2,1H3,(H,26,27,30). The van der Waals surface area contributed by atoms with Crippen LogP contribution < -0.4 is 5.32 Å². The molecular weight excluding hydrogens is 406 g/mol. The quantitative estimate of drug-likeness (QED) is 0.496. The molecule has 3 heterocycles. The number of hydrogen-bond acceptors (Lipinski definition) is 5. The highest BCUT2D eigenvalue weighted by Gasteiger charge is 2.22. The van der Waals surface area contributed by atoms with Crippen molar-refractivity contribution < 1.29 is 4.79 Å². The Morgan fingerprint density at radius 3 is 2.74 bits per heavy atom. The minimum absolute atomic E-state index is 0.0647. The van der Waals surface area contributed by atoms with E-state index in [9.17, 15) is 4.79 Å². The highest BCUT2D eigenvalue weighted by atomic mass is 32.1. The summed E-state index contributed by atoms with van der Waals surface area (Å²) in [5.41, 5.74) is 4.36. The fourth-order valence-electron chi connectivity index (χ4n) is 4.15. The molecule has 1 amide bonds. The van der Waals surface area contributed by atoms with E-state index in [2.05, 4.69) is 46.4 Å². The minimum atomic E-state index is -0.0647. The number of nitrogens with one attached hydrogen (secondary N) is 1. The van der Waals surface area contributed by atoms with Crippen molar-refractivity contribution in [1.82, 2.24) is 19.4 Å². The van der Waals surface area contributed by atoms with E-state index in [1.54, 1.807) is 11.3 Å². The van der Waals surface area contributed by atoms with Gasteiger partial charge >= 0.3 is 0 Å². The van der Waals surface area contributed by atoms with E-state index in [1.807, 2.05) is 34.9 Å². The lowest BCUT2D eigenvalue weighted by Gasteiger charge is -2.25. The Hall–Kier alpha value is -3.03. The highest BCUT2D eigenvalue weighted by molar-refractivity contribution is 7.15. The largest absolute Gasteiger partial charge is 0.318 e. The van der Waals surface area contributed by atoms with Gasteiger partial charge in [-0.2, -0.15) is 0 Å². The van der Waals surface area contributed by atoms with Gasteiger partial charge in [-0.25, -0.2) is 9.97 Å². The number of carbonyl (C=O) groups excluding carboxylic acids is 1. The molecule has 1 N–H and O–H groups in total. The van der Waals surface area contributed by atoms with Gasteiger partial charge in [0.05, 0.1) is 16.7 Å². The number of hydrogen-bond donors (Lipinski definition) is 1. The first-order valence-corrected chi connectivity index (χ1v) is 11.5. The van der Waals surface area contributed by atoms with Crippen LogP contribution in [0.3, 0.4) is 0 Å². The van der Waals surface area contributed by atoms with Gasteiger partial charge in [-0.15, -0.1) is 11.3 Å². The van der Waals surface area contributed by atoms with Crippen LogP contribution in [0.25, 0.3) is 11.0 Å². The van der Waals surface area contributed by atoms with Crippen molar-refractivity contribution in [2.45, 2.75) is 39.4 Å². The van der Waals surface area contributed by atoms with Crippen LogP contribution in [0.5, 0.6) is 0 Å². The average Bonchev–Trinajstić information content (AvgIpc) is 3.34. The molecule has 0 radical (unpaired) electrons. The van der Waals surface area contributed by atoms with E-state index >= 15 is 0 Å². The Morgan fingerprint density at radius 2 is 1.90 bits per heavy atom. The normalized spacial score (nSPS) is 14.0. The summed E-state index contributed by atoms with van der Waals surface area (Å²) in [6, 6.07) is 18.5. The van der Waals surface area contributed by atoms with E-state index in [-0.39, 0.29) is 12.5 Å². The Bertz CT molecular complexity index is 1210. The number of thiazole rings is 1. The van der Waals surface area contributed by atoms with Crippen molar-refractivity contribution in [1.29, 1.82) is 0 Å². The summed E-state index contributed by atoms with van der Waals surface area (Å²) in [5, 5.41) is 3.71. The Kier molecular flexibility index (Phi) is 5.53. The summed E-state index contributed by atoms with van der Waals surface area (Å²) >= 11 is 1.59. The molecule has 2 aromatic carbocycles. The number of rotatable bonds is 6. The molecule has 0 spiro atoms. The van der Waals surface area contributed by atoms with Crippen molar-refractivity contribution >= 4 is 33.4 Å². The lowest BCUT2D eigenvalue weighted by molar-refractivity contribution is -0.116. The maximum absolute atomic E-state index is 12.8. The smallest absolute Gasteiger partial charge is 0.246 e. The first kappa shape index (κ1) is 19.9. The molecule has 0 atom stereocenters. The summed E-state index contributed by atoms with van der Waals surface area (Å²) in [5.74, 6) is 0.858. The predicted molar refractivity (Wildman–Crippen MR) is 124 cm³/mol. The zero-order chi connectivity index (χ0) is 21.2. The first-order chi connectivity index (χ1) is 15.2. The number of benzene rings is 2. The summed E-state index contributed by atoms with van der Waals surface area (Å²) < 4.78 is 2.00. The second kappa shape index (κ2) is 8.61. The second-order valence-corrected chi connectivity index (χ2v) is 8.92. The molecule has 5 rings (SSSR count). The fourth-order valence-corrected chi connectivity index (χ4v) is 5.22. The van der Waals surface area contributed by atoms with Crippen LogP contribution in [-0.4, -0.2) is 31.9 Å². The van der Waals surface area contributed by atoms with Crippen molar-refractivity contribution in [3.63, 3.8) is 0 Å². The predicted octanol–water partition coefficient (Wildman–Crippen LogP) is 4.25. The third kappa shape index (κ3) is 4.24. The Balaban J connectivity index is 1.26. The molecule has 4 aromatic rings. The van der Waals surface area contributed by atoms with Crippen LogP contribution in [0.1, 0.15) is 28.9 Å². The molecule has 0 fully saturated rings. The van der Waals surface area contributed by atoms with E-state index in [0.717, 1.165) is 55.0 Å². The summed E-state index contributed by atoms with van der Waals surface area (Å²) in [7, 11) is 0. The summed E-state index contributed by atoms with van der Waals surface area (Å²) in [4.78, 5) is 25.8. The molecule has 158 valence electrons. The number of amides is 1. The van der Waals surface area contributed by atoms with Crippen molar-refractivity contribution in [2.75, 3.05) is 11.9 Å². The van der Waals surface area contributed by atoms with Crippen LogP contribution in [0.2, 0.25) is 0 Å². The van der Waals surface area contributed by atoms with E-state index < -0.39 is 0 Å². The van der Waals surface area contributed by atoms with Gasteiger partial charge in [0.2, 0.25) is 5.91 Å². The van der Waals surface area contributed by atoms with Gasteiger partial charge in [0.1, 0.15) is 12.4 Å². The van der Waals surface area contributed by atoms with Crippen LogP contribution in [0, 0.1) is 0 Å². The molecule has 7 heteroatoms. The molecule has 31 heavy (non-hydrogen) atoms. The van der Waals surface area contributed by atoms with Crippen molar-refractivity contribution in [2.24, 2.45) is 0 Å². The van der Waals surface area contributed by atoms with Crippen molar-refractivity contribution in [3.05, 3.63) is 76.6 Å². The van der Waals surface area contributed by atoms with Gasteiger partial charge in [-0.05, 0) is 17.7 Å². The number of nitrogens with zero attached hydrogens (tertiary/aromatic N) is 4. The zero-order valence-electron chi connectivity index (χ0n) is 17.5. The first-order valence-electron chi connectivity index (χ1n) is 10.7. The minimum Gasteiger partial charge on any atom is -0.318 e. The van der Waals surface area contributed by atoms with Crippen LogP contribution in [-0.2, 0) is 37.3 Å². The molecule has 1 aliphatic rings. The number of carbonyl (C=O) groups is 1. The molecule has 6 nitrogen and oxygen atoms in total. The zero-order valence-corrected chi connectivity index (χ0v) is 18.4. The van der Waals surface area contributed by atoms with E-state index in [1.165, 1.54) is 10.4 Å². The Labute approximate surface area is 185 Å². The van der Waals surface area contributed by atoms with Gasteiger partial charge < -0.3 is 9.88 Å². The average molecular weight is 432 g/mol. The SMILES string of the molecule is CCc1nc2ccccc2n1CC(=O)Nc1nc2c(s1)CN(Cc1ccccc1)CC2. The highest BCUT2D eigenvalue weighted by Crippen LogP contribution is 2.29. The monoisotopic (exact) mass is 431 g/mol. The number of fused-ring (bicyclic) bond motifs is 2. The molecule has 0 saturated carbocycles. The molecule has 0 unspecified atom stereocenters. The van der Waals surface area contributed by atoms with Gasteiger partial charge in [-0.3, -0.25) is 9.69 Å². The van der Waals surface area contributed by atoms with Crippen LogP contribution >= 0.6 is 11.3 Å². The van der Waals surface area contributed by atoms with Crippen LogP contribution in [0.4, 0.5) is 5.13 Å². The molecule has 0 bridgehead atoms. The maximum atomic E-state index is 12.8. The van der Waals surface area contributed by atoms with Gasteiger partial charge in [0, 0.05) is 37.4 Å². The van der Waals surface area contributed by atoms with Crippen molar-refractivity contribution in [3.8, 4) is 0 Å². The Morgan fingerprint density at radius 1 is 1.10 bits per heavy atom. The third-order valence-electron chi connectivity index (χ3n) is 5.66. The number of anilines is 1. The topological polar surface area (TPSA) is 63.1 Å². The van der Waals surface area contributed by atoms with Gasteiger partial charge in [0.15, 0.2) is 5.13 Å². The molecule has 0 saturated heterocycles. The van der Waals surface area contributed by atoms with E-state index in [0.29, 0.717) is 5.13 Å². The molecule has 0 aliphatic carbocycles. The lowest BCUT2D eigenvalue weighted by Crippen LogP contribution is -2.29. The number of aromatic nitrogens is 3. The summed E-state index contributed by atoms with van der Waals surface area (Å²) in [6.07, 6.45) is 1.70. The molecule has 1 aliphatic heterocycles. The molecular formula is C24H25N5OS. The number of aryl methyl sites for hydroxylation is 1. The lowest BCUT2D eigenvalue weighted by atomic mass is 10.1. The van der Waals surface area contributed by atoms with E-state index in [4.69, 9.17) is 4.98 Å². The third-order valence-corrected chi connectivity index (χ3v) is 6.66. The summed E-state index contributed by atoms with van der Waals surface area (Å²) in [6.45, 7) is 5.11. The van der Waals surface area contributed by atoms with Gasteiger partial charge in [-0.1, -0.05) is 49.4 Å². The van der Waals surface area contributed by atoms with Gasteiger partial charge in [0.25, 0.3) is 0 Å².